The molecule has 0 aromatic carbocycles. The first-order chi connectivity index (χ1) is 7.20. The molecule has 8 nitrogen and oxygen atoms in total. The summed E-state index contributed by atoms with van der Waals surface area (Å²) in [6, 6.07) is 0. The molecule has 0 aromatic rings. The van der Waals surface area contributed by atoms with E-state index in [2.05, 4.69) is 38.7 Å². The van der Waals surface area contributed by atoms with Gasteiger partial charge in [-0.05, 0) is 11.6 Å². The Morgan fingerprint density at radius 2 is 1.06 bits per heavy atom. The van der Waals surface area contributed by atoms with Crippen LogP contribution in [0.5, 0.6) is 0 Å². The van der Waals surface area contributed by atoms with Crippen molar-refractivity contribution in [1.82, 2.24) is 6.15 Å². The van der Waals surface area contributed by atoms with Crippen molar-refractivity contribution in [2.24, 2.45) is 5.73 Å². The van der Waals surface area contributed by atoms with Crippen LogP contribution in [-0.4, -0.2) is 30.6 Å². The van der Waals surface area contributed by atoms with Gasteiger partial charge in [-0.25, -0.2) is 0 Å². The number of carboxylic acids is 1. The Balaban J connectivity index is -0.0000000412. The van der Waals surface area contributed by atoms with E-state index < -0.39 is 14.2 Å². The van der Waals surface area contributed by atoms with E-state index in [-0.39, 0.29) is 17.3 Å². The van der Waals surface area contributed by atoms with Gasteiger partial charge < -0.3 is 17.0 Å². The summed E-state index contributed by atoms with van der Waals surface area (Å²) in [5.41, 5.74) is 4.47. The molecule has 0 rings (SSSR count). The fraction of sp³-hybridized carbons (Fsp3) is 0.500. The first-order valence-electron chi connectivity index (χ1n) is 3.46. The Kier molecular flexibility index (Phi) is 31.7. The number of halogens is 3. The summed E-state index contributed by atoms with van der Waals surface area (Å²) >= 11 is 4.64. The zero-order valence-electron chi connectivity index (χ0n) is 9.82. The second-order valence-corrected chi connectivity index (χ2v) is 6.18. The molecule has 1 amide bonds. The van der Waals surface area contributed by atoms with Gasteiger partial charge in [-0.3, -0.25) is 14.4 Å². The highest BCUT2D eigenvalue weighted by molar-refractivity contribution is 8.31. The molecule has 0 aliphatic rings. The Bertz CT molecular complexity index is 284. The van der Waals surface area contributed by atoms with Gasteiger partial charge in [-0.2, -0.15) is 8.42 Å². The van der Waals surface area contributed by atoms with Crippen LogP contribution in [0.15, 0.2) is 0 Å². The smallest absolute Gasteiger partial charge is 0.317 e. The molecule has 112 valence electrons. The van der Waals surface area contributed by atoms with E-state index in [0.717, 1.165) is 6.92 Å². The highest BCUT2D eigenvalue weighted by atomic mass is 36.0. The van der Waals surface area contributed by atoms with Crippen LogP contribution in [0.3, 0.4) is 0 Å². The summed E-state index contributed by atoms with van der Waals surface area (Å²) in [4.78, 5) is 27.4. The monoisotopic (exact) mass is 348 g/mol. The Morgan fingerprint density at radius 1 is 1.06 bits per heavy atom. The fourth-order valence-corrected chi connectivity index (χ4v) is 0. The van der Waals surface area contributed by atoms with Crippen molar-refractivity contribution in [2.75, 3.05) is 0 Å². The molecule has 0 fully saturated rings. The number of rotatable bonds is 0. The predicted octanol–water partition coefficient (Wildman–Crippen LogP) is 1.22. The first-order valence-corrected chi connectivity index (χ1v) is 6.97. The lowest BCUT2D eigenvalue weighted by Gasteiger charge is -1.61. The molecule has 0 radical (unpaired) electrons. The second kappa shape index (κ2) is 18.7. The van der Waals surface area contributed by atoms with Crippen molar-refractivity contribution in [1.29, 1.82) is 0 Å². The van der Waals surface area contributed by atoms with Crippen LogP contribution >= 0.6 is 33.0 Å². The number of primary amides is 1. The van der Waals surface area contributed by atoms with E-state index >= 15 is 0 Å². The van der Waals surface area contributed by atoms with Crippen LogP contribution in [-0.2, 0) is 22.6 Å². The summed E-state index contributed by atoms with van der Waals surface area (Å²) in [5.74, 6) is -1.17. The normalized spacial score (nSPS) is 7.44. The molecule has 12 heteroatoms. The van der Waals surface area contributed by atoms with Crippen LogP contribution in [0.1, 0.15) is 20.8 Å². The molecule has 6 N–H and O–H groups in total. The van der Waals surface area contributed by atoms with Crippen LogP contribution < -0.4 is 11.9 Å². The Hall–Kier alpha value is -0.610. The van der Waals surface area contributed by atoms with Gasteiger partial charge in [0.05, 0.1) is 0 Å². The lowest BCUT2D eigenvalue weighted by molar-refractivity contribution is -0.134. The number of amides is 1. The van der Waals surface area contributed by atoms with Crippen molar-refractivity contribution in [2.45, 2.75) is 20.8 Å². The van der Waals surface area contributed by atoms with E-state index in [0.29, 0.717) is 0 Å². The maximum atomic E-state index is 9.22. The van der Waals surface area contributed by atoms with E-state index in [9.17, 15) is 9.59 Å². The molecule has 0 unspecified atom stereocenters. The molecule has 0 saturated carbocycles. The van der Waals surface area contributed by atoms with Crippen LogP contribution in [0, 0.1) is 0 Å². The van der Waals surface area contributed by atoms with Crippen molar-refractivity contribution in [3.05, 3.63) is 0 Å². The maximum Gasteiger partial charge on any atom is 0.317 e. The van der Waals surface area contributed by atoms with Crippen LogP contribution in [0.2, 0.25) is 0 Å². The van der Waals surface area contributed by atoms with Gasteiger partial charge in [-0.15, -0.1) is 0 Å². The van der Waals surface area contributed by atoms with Gasteiger partial charge in [0.2, 0.25) is 11.1 Å². The molecule has 18 heavy (non-hydrogen) atoms. The third kappa shape index (κ3) is 8560. The van der Waals surface area contributed by atoms with Gasteiger partial charge in [-0.1, -0.05) is 0 Å². The minimum atomic E-state index is -3.72. The minimum Gasteiger partial charge on any atom is -0.481 e. The second-order valence-electron chi connectivity index (χ2n) is 1.98. The third-order valence-corrected chi connectivity index (χ3v) is 0. The zero-order valence-corrected chi connectivity index (χ0v) is 12.9. The number of hydrogen-bond donors (Lipinski definition) is 3. The third-order valence-electron chi connectivity index (χ3n) is 0. The summed E-state index contributed by atoms with van der Waals surface area (Å²) < 4.78 is 18.3. The summed E-state index contributed by atoms with van der Waals surface area (Å²) in [6.07, 6.45) is 0. The summed E-state index contributed by atoms with van der Waals surface area (Å²) in [6.45, 7) is 3.68. The van der Waals surface area contributed by atoms with Gasteiger partial charge >= 0.3 is 8.26 Å². The van der Waals surface area contributed by atoms with Gasteiger partial charge in [0, 0.05) is 42.1 Å². The standard InChI is InChI=1S/C2H3ClO.C2H5NO.C2H4O2.Cl2O2S.H3N/c3*1-2(3)4;1-5(2,3)4;/h1H3;1H3,(H2,3,4);1H3,(H,3,4);;1H3. The van der Waals surface area contributed by atoms with E-state index in [1.165, 1.54) is 13.8 Å². The highest BCUT2D eigenvalue weighted by Crippen LogP contribution is 1.98. The van der Waals surface area contributed by atoms with E-state index in [4.69, 9.17) is 18.3 Å². The largest absolute Gasteiger partial charge is 0.481 e. The summed E-state index contributed by atoms with van der Waals surface area (Å²) in [5, 5.41) is 7.06. The molecule has 0 aliphatic carbocycles. The number of hydrogen-bond acceptors (Lipinski definition) is 6. The average molecular weight is 350 g/mol. The van der Waals surface area contributed by atoms with Crippen molar-refractivity contribution in [3.63, 3.8) is 0 Å². The summed E-state index contributed by atoms with van der Waals surface area (Å²) in [7, 11) is 4.81. The van der Waals surface area contributed by atoms with Crippen LogP contribution in [0.4, 0.5) is 0 Å². The Morgan fingerprint density at radius 3 is 1.06 bits per heavy atom. The van der Waals surface area contributed by atoms with E-state index in [1.807, 2.05) is 0 Å². The van der Waals surface area contributed by atoms with Gasteiger partial charge in [0.25, 0.3) is 5.97 Å². The van der Waals surface area contributed by atoms with E-state index in [1.54, 1.807) is 0 Å². The average Bonchev–Trinajstić information content (AvgIpc) is 1.73. The first kappa shape index (κ1) is 30.4. The lowest BCUT2D eigenvalue weighted by Crippen LogP contribution is -2.01. The molecule has 0 atom stereocenters. The molecule has 0 heterocycles. The maximum absolute atomic E-state index is 9.22. The molecule has 0 saturated heterocycles. The minimum absolute atomic E-state index is 0. The predicted molar refractivity (Wildman–Crippen MR) is 70.4 cm³/mol. The highest BCUT2D eigenvalue weighted by Gasteiger charge is 1.88. The molecular weight excluding hydrogens is 334 g/mol. The molecular formula is C6H15Cl3N2O6S. The molecule has 0 bridgehead atoms. The number of carboxylic acid groups (broad SMARTS) is 1. The van der Waals surface area contributed by atoms with Crippen molar-refractivity contribution < 1.29 is 27.9 Å². The van der Waals surface area contributed by atoms with Gasteiger partial charge in [0.15, 0.2) is 0 Å². The molecule has 0 aromatic heterocycles. The van der Waals surface area contributed by atoms with Crippen molar-refractivity contribution in [3.8, 4) is 0 Å². The fourth-order valence-electron chi connectivity index (χ4n) is 0. The molecule has 0 aliphatic heterocycles. The molecule has 0 spiro atoms. The number of carbonyl (C=O) groups excluding carboxylic acids is 2. The quantitative estimate of drug-likeness (QED) is 0.552. The van der Waals surface area contributed by atoms with Crippen molar-refractivity contribution >= 4 is 58.3 Å². The van der Waals surface area contributed by atoms with Crippen LogP contribution in [0.25, 0.3) is 0 Å². The Labute approximate surface area is 119 Å². The number of aliphatic carboxylic acids is 1. The number of nitrogens with two attached hydrogens (primary N) is 1. The zero-order chi connectivity index (χ0) is 15.2. The SMILES string of the molecule is CC(=O)Cl.CC(=O)O.CC(N)=O.N.O=S(=O)(Cl)Cl. The van der Waals surface area contributed by atoms with Gasteiger partial charge in [0.1, 0.15) is 0 Å². The lowest BCUT2D eigenvalue weighted by atomic mass is 10.8. The number of carbonyl (C=O) groups is 3. The topological polar surface area (TPSA) is 167 Å².